The van der Waals surface area contributed by atoms with Crippen molar-refractivity contribution in [2.45, 2.75) is 18.9 Å². The smallest absolute Gasteiger partial charge is 0.0360 e. The van der Waals surface area contributed by atoms with Crippen molar-refractivity contribution in [2.24, 2.45) is 0 Å². The Kier molecular flexibility index (Phi) is 3.89. The van der Waals surface area contributed by atoms with Gasteiger partial charge in [0.2, 0.25) is 0 Å². The van der Waals surface area contributed by atoms with Crippen LogP contribution in [0.25, 0.3) is 0 Å². The number of hydrogen-bond acceptors (Lipinski definition) is 2. The summed E-state index contributed by atoms with van der Waals surface area (Å²) in [6.45, 7) is 1.22. The third kappa shape index (κ3) is 2.29. The number of nitrogens with zero attached hydrogens (tertiary/aromatic N) is 2. The van der Waals surface area contributed by atoms with Crippen LogP contribution in [0, 0.1) is 0 Å². The van der Waals surface area contributed by atoms with E-state index in [9.17, 15) is 0 Å². The molecular formula is C10H14N2Ni. The van der Waals surface area contributed by atoms with Crippen LogP contribution in [-0.2, 0) is 16.5 Å². The van der Waals surface area contributed by atoms with E-state index in [4.69, 9.17) is 0 Å². The minimum Gasteiger partial charge on any atom is -0.299 e. The first-order valence-corrected chi connectivity index (χ1v) is 4.48. The van der Waals surface area contributed by atoms with Gasteiger partial charge in [-0.2, -0.15) is 0 Å². The van der Waals surface area contributed by atoms with Crippen molar-refractivity contribution in [1.82, 2.24) is 9.88 Å². The molecule has 0 bridgehead atoms. The Hall–Kier alpha value is -0.396. The Morgan fingerprint density at radius 1 is 1.54 bits per heavy atom. The number of rotatable bonds is 1. The molecule has 1 atom stereocenters. The molecule has 0 amide bonds. The van der Waals surface area contributed by atoms with Crippen molar-refractivity contribution in [2.75, 3.05) is 13.6 Å². The Bertz CT molecular complexity index is 250. The minimum absolute atomic E-state index is 0. The minimum atomic E-state index is 0. The van der Waals surface area contributed by atoms with Gasteiger partial charge in [-0.1, -0.05) is 6.07 Å². The van der Waals surface area contributed by atoms with Gasteiger partial charge in [-0.05, 0) is 38.1 Å². The second kappa shape index (κ2) is 4.73. The molecule has 0 spiro atoms. The molecule has 0 aromatic carbocycles. The largest absolute Gasteiger partial charge is 0.299 e. The van der Waals surface area contributed by atoms with E-state index in [1.54, 1.807) is 0 Å². The second-order valence-electron chi connectivity index (χ2n) is 3.42. The van der Waals surface area contributed by atoms with Crippen LogP contribution in [0.5, 0.6) is 0 Å². The summed E-state index contributed by atoms with van der Waals surface area (Å²) in [6, 6.07) is 4.79. The van der Waals surface area contributed by atoms with E-state index in [0.717, 1.165) is 0 Å². The normalized spacial score (nSPS) is 22.7. The molecule has 2 nitrogen and oxygen atoms in total. The molecule has 0 aliphatic carbocycles. The number of pyridine rings is 1. The molecule has 13 heavy (non-hydrogen) atoms. The molecule has 1 aromatic heterocycles. The molecular weight excluding hydrogens is 207 g/mol. The second-order valence-corrected chi connectivity index (χ2v) is 3.42. The van der Waals surface area contributed by atoms with Crippen molar-refractivity contribution in [3.8, 4) is 0 Å². The van der Waals surface area contributed by atoms with Gasteiger partial charge in [-0.15, -0.1) is 0 Å². The van der Waals surface area contributed by atoms with Gasteiger partial charge in [0, 0.05) is 34.9 Å². The summed E-state index contributed by atoms with van der Waals surface area (Å²) in [4.78, 5) is 6.54. The van der Waals surface area contributed by atoms with Gasteiger partial charge in [0.1, 0.15) is 0 Å². The molecule has 2 rings (SSSR count). The van der Waals surface area contributed by atoms with Crippen LogP contribution < -0.4 is 0 Å². The maximum atomic E-state index is 4.14. The SMILES string of the molecule is CN1CCC[C@H]1c1cccnc1.[Ni]. The summed E-state index contributed by atoms with van der Waals surface area (Å²) in [6.07, 6.45) is 6.41. The Morgan fingerprint density at radius 2 is 2.38 bits per heavy atom. The fraction of sp³-hybridized carbons (Fsp3) is 0.500. The van der Waals surface area contributed by atoms with E-state index in [1.807, 2.05) is 18.5 Å². The van der Waals surface area contributed by atoms with Crippen molar-refractivity contribution < 1.29 is 16.5 Å². The van der Waals surface area contributed by atoms with E-state index in [0.29, 0.717) is 6.04 Å². The summed E-state index contributed by atoms with van der Waals surface area (Å²) in [5.74, 6) is 0. The number of aromatic nitrogens is 1. The van der Waals surface area contributed by atoms with Gasteiger partial charge in [0.15, 0.2) is 0 Å². The summed E-state index contributed by atoms with van der Waals surface area (Å²) < 4.78 is 0. The molecule has 1 aromatic rings. The third-order valence-electron chi connectivity index (χ3n) is 2.59. The van der Waals surface area contributed by atoms with Gasteiger partial charge in [-0.3, -0.25) is 9.88 Å². The molecule has 1 aliphatic heterocycles. The summed E-state index contributed by atoms with van der Waals surface area (Å²) in [7, 11) is 2.19. The molecule has 0 saturated carbocycles. The van der Waals surface area contributed by atoms with Crippen LogP contribution >= 0.6 is 0 Å². The zero-order chi connectivity index (χ0) is 8.39. The first kappa shape index (κ1) is 10.7. The number of hydrogen-bond donors (Lipinski definition) is 0. The molecule has 1 saturated heterocycles. The average Bonchev–Trinajstić information content (AvgIpc) is 2.53. The summed E-state index contributed by atoms with van der Waals surface area (Å²) in [5, 5.41) is 0. The van der Waals surface area contributed by atoms with Crippen molar-refractivity contribution in [3.05, 3.63) is 30.1 Å². The van der Waals surface area contributed by atoms with E-state index in [1.165, 1.54) is 24.9 Å². The van der Waals surface area contributed by atoms with Gasteiger partial charge in [0.05, 0.1) is 0 Å². The molecule has 1 aliphatic rings. The first-order valence-electron chi connectivity index (χ1n) is 4.48. The van der Waals surface area contributed by atoms with Crippen molar-refractivity contribution in [3.63, 3.8) is 0 Å². The Labute approximate surface area is 89.3 Å². The quantitative estimate of drug-likeness (QED) is 0.672. The number of likely N-dealkylation sites (tertiary alicyclic amines) is 1. The molecule has 74 valence electrons. The van der Waals surface area contributed by atoms with Crippen molar-refractivity contribution >= 4 is 0 Å². The van der Waals surface area contributed by atoms with Crippen LogP contribution in [0.2, 0.25) is 0 Å². The van der Waals surface area contributed by atoms with Gasteiger partial charge < -0.3 is 0 Å². The first-order chi connectivity index (χ1) is 5.88. The van der Waals surface area contributed by atoms with Crippen LogP contribution in [-0.4, -0.2) is 23.5 Å². The molecule has 3 heteroatoms. The molecule has 1 fully saturated rings. The van der Waals surface area contributed by atoms with Gasteiger partial charge in [0.25, 0.3) is 0 Å². The van der Waals surface area contributed by atoms with Crippen LogP contribution in [0.4, 0.5) is 0 Å². The summed E-state index contributed by atoms with van der Waals surface area (Å²) in [5.41, 5.74) is 1.36. The maximum absolute atomic E-state index is 4.14. The van der Waals surface area contributed by atoms with Crippen molar-refractivity contribution in [1.29, 1.82) is 0 Å². The molecule has 0 radical (unpaired) electrons. The van der Waals surface area contributed by atoms with Crippen LogP contribution in [0.15, 0.2) is 24.5 Å². The fourth-order valence-corrected chi connectivity index (χ4v) is 1.90. The predicted molar refractivity (Wildman–Crippen MR) is 48.8 cm³/mol. The van der Waals surface area contributed by atoms with E-state index < -0.39 is 0 Å². The Morgan fingerprint density at radius 3 is 2.92 bits per heavy atom. The third-order valence-corrected chi connectivity index (χ3v) is 2.59. The fourth-order valence-electron chi connectivity index (χ4n) is 1.90. The zero-order valence-electron chi connectivity index (χ0n) is 7.72. The zero-order valence-corrected chi connectivity index (χ0v) is 8.71. The predicted octanol–water partition coefficient (Wildman–Crippen LogP) is 1.85. The molecule has 2 heterocycles. The summed E-state index contributed by atoms with van der Waals surface area (Å²) >= 11 is 0. The van der Waals surface area contributed by atoms with Crippen LogP contribution in [0.3, 0.4) is 0 Å². The average molecular weight is 221 g/mol. The standard InChI is InChI=1S/C10H14N2.Ni/c1-12-7-3-5-10(12)9-4-2-6-11-8-9;/h2,4,6,8,10H,3,5,7H2,1H3;/t10-;/m0./s1. The Balaban J connectivity index is 0.000000845. The topological polar surface area (TPSA) is 16.1 Å². The maximum Gasteiger partial charge on any atom is 0.0360 e. The van der Waals surface area contributed by atoms with Gasteiger partial charge in [-0.25, -0.2) is 0 Å². The van der Waals surface area contributed by atoms with E-state index >= 15 is 0 Å². The molecule has 0 N–H and O–H groups in total. The van der Waals surface area contributed by atoms with Gasteiger partial charge >= 0.3 is 0 Å². The van der Waals surface area contributed by atoms with E-state index in [-0.39, 0.29) is 16.5 Å². The van der Waals surface area contributed by atoms with E-state index in [2.05, 4.69) is 23.0 Å². The monoisotopic (exact) mass is 220 g/mol. The van der Waals surface area contributed by atoms with Crippen LogP contribution in [0.1, 0.15) is 24.4 Å². The molecule has 0 unspecified atom stereocenters.